The van der Waals surface area contributed by atoms with Gasteiger partial charge in [0.1, 0.15) is 0 Å². The van der Waals surface area contributed by atoms with E-state index in [1.54, 1.807) is 23.1 Å². The predicted octanol–water partition coefficient (Wildman–Crippen LogP) is 2.77. The van der Waals surface area contributed by atoms with Gasteiger partial charge < -0.3 is 4.74 Å². The molecule has 4 nitrogen and oxygen atoms in total. The number of thiazole rings is 1. The number of aryl methyl sites for hydroxylation is 1. The average Bonchev–Trinajstić information content (AvgIpc) is 2.71. The Morgan fingerprint density at radius 1 is 1.25 bits per heavy atom. The average molecular weight is 255 g/mol. The summed E-state index contributed by atoms with van der Waals surface area (Å²) in [5.74, 6) is 0. The van der Waals surface area contributed by atoms with Crippen LogP contribution in [-0.2, 0) is 6.42 Å². The first-order valence-electron chi connectivity index (χ1n) is 5.12. The zero-order valence-electron chi connectivity index (χ0n) is 9.48. The van der Waals surface area contributed by atoms with Crippen LogP contribution in [-0.4, -0.2) is 27.8 Å². The highest BCUT2D eigenvalue weighted by Crippen LogP contribution is 2.30. The molecule has 0 N–H and O–H groups in total. The molecule has 0 aliphatic heterocycles. The minimum atomic E-state index is 0.435. The number of fused-ring (bicyclic) bond motifs is 1. The Balaban J connectivity index is 2.56. The van der Waals surface area contributed by atoms with E-state index in [1.165, 1.54) is 0 Å². The van der Waals surface area contributed by atoms with Crippen LogP contribution in [0.1, 0.15) is 19.5 Å². The summed E-state index contributed by atoms with van der Waals surface area (Å²) in [7, 11) is 0. The largest absolute Gasteiger partial charge is 0.464 e. The topological polar surface area (TPSA) is 47.9 Å². The zero-order valence-corrected chi connectivity index (χ0v) is 11.1. The molecule has 0 saturated heterocycles. The van der Waals surface area contributed by atoms with Crippen LogP contribution in [0.4, 0.5) is 0 Å². The van der Waals surface area contributed by atoms with Crippen LogP contribution in [0.5, 0.6) is 6.01 Å². The van der Waals surface area contributed by atoms with Gasteiger partial charge in [-0.25, -0.2) is 4.98 Å². The molecule has 2 heterocycles. The second-order valence-electron chi connectivity index (χ2n) is 3.08. The molecule has 16 heavy (non-hydrogen) atoms. The molecule has 86 valence electrons. The van der Waals surface area contributed by atoms with Crippen molar-refractivity contribution in [2.45, 2.75) is 24.6 Å². The van der Waals surface area contributed by atoms with Crippen LogP contribution in [0.15, 0.2) is 4.34 Å². The van der Waals surface area contributed by atoms with E-state index >= 15 is 0 Å². The lowest BCUT2D eigenvalue weighted by Crippen LogP contribution is -2.00. The summed E-state index contributed by atoms with van der Waals surface area (Å²) in [5.41, 5.74) is 1.77. The molecule has 0 spiro atoms. The van der Waals surface area contributed by atoms with Gasteiger partial charge in [-0.15, -0.1) is 11.3 Å². The van der Waals surface area contributed by atoms with Gasteiger partial charge in [-0.2, -0.15) is 9.97 Å². The lowest BCUT2D eigenvalue weighted by molar-refractivity contribution is 0.313. The third-order valence-electron chi connectivity index (χ3n) is 2.07. The molecule has 0 aromatic carbocycles. The third kappa shape index (κ3) is 2.12. The van der Waals surface area contributed by atoms with Crippen LogP contribution in [0.2, 0.25) is 0 Å². The summed E-state index contributed by atoms with van der Waals surface area (Å²) in [5, 5.41) is 0. The summed E-state index contributed by atoms with van der Waals surface area (Å²) >= 11 is 3.28. The molecule has 2 rings (SSSR count). The van der Waals surface area contributed by atoms with Crippen molar-refractivity contribution < 1.29 is 4.74 Å². The molecule has 0 radical (unpaired) electrons. The Labute approximate surface area is 102 Å². The molecule has 0 saturated carbocycles. The van der Waals surface area contributed by atoms with Crippen LogP contribution in [0.3, 0.4) is 0 Å². The van der Waals surface area contributed by atoms with Crippen LogP contribution in [0, 0.1) is 0 Å². The van der Waals surface area contributed by atoms with E-state index in [0.717, 1.165) is 26.8 Å². The molecule has 2 aromatic heterocycles. The first kappa shape index (κ1) is 11.6. The summed E-state index contributed by atoms with van der Waals surface area (Å²) in [6.07, 6.45) is 2.88. The third-order valence-corrected chi connectivity index (χ3v) is 4.15. The Kier molecular flexibility index (Phi) is 3.60. The van der Waals surface area contributed by atoms with Gasteiger partial charge in [-0.1, -0.05) is 18.7 Å². The monoisotopic (exact) mass is 255 g/mol. The highest BCUT2D eigenvalue weighted by atomic mass is 32.2. The minimum absolute atomic E-state index is 0.435. The van der Waals surface area contributed by atoms with Crippen molar-refractivity contribution in [3.63, 3.8) is 0 Å². The molecule has 0 aliphatic rings. The van der Waals surface area contributed by atoms with E-state index in [1.807, 2.05) is 13.2 Å². The van der Waals surface area contributed by atoms with Crippen molar-refractivity contribution in [1.29, 1.82) is 0 Å². The fourth-order valence-electron chi connectivity index (χ4n) is 1.36. The number of hydrogen-bond acceptors (Lipinski definition) is 6. The molecule has 0 unspecified atom stereocenters. The number of hydrogen-bond donors (Lipinski definition) is 0. The van der Waals surface area contributed by atoms with E-state index in [4.69, 9.17) is 4.74 Å². The van der Waals surface area contributed by atoms with Gasteiger partial charge in [0, 0.05) is 0 Å². The van der Waals surface area contributed by atoms with Crippen LogP contribution < -0.4 is 4.74 Å². The molecule has 0 fully saturated rings. The van der Waals surface area contributed by atoms with Gasteiger partial charge in [-0.3, -0.25) is 0 Å². The minimum Gasteiger partial charge on any atom is -0.464 e. The van der Waals surface area contributed by atoms with Crippen molar-refractivity contribution in [3.05, 3.63) is 5.69 Å². The van der Waals surface area contributed by atoms with E-state index in [9.17, 15) is 0 Å². The standard InChI is InChI=1S/C10H13N3OS2/c1-4-6-7-8(13-10(15-3)16-7)12-9(11-6)14-5-2/h4-5H2,1-3H3. The maximum Gasteiger partial charge on any atom is 0.318 e. The highest BCUT2D eigenvalue weighted by Gasteiger charge is 2.12. The van der Waals surface area contributed by atoms with E-state index in [2.05, 4.69) is 21.9 Å². The highest BCUT2D eigenvalue weighted by molar-refractivity contribution is 8.00. The lowest BCUT2D eigenvalue weighted by Gasteiger charge is -2.02. The second-order valence-corrected chi connectivity index (χ2v) is 5.13. The van der Waals surface area contributed by atoms with E-state index < -0.39 is 0 Å². The van der Waals surface area contributed by atoms with Gasteiger partial charge in [0.15, 0.2) is 9.99 Å². The first-order chi connectivity index (χ1) is 7.78. The van der Waals surface area contributed by atoms with Gasteiger partial charge >= 0.3 is 6.01 Å². The smallest absolute Gasteiger partial charge is 0.318 e. The van der Waals surface area contributed by atoms with Gasteiger partial charge in [0.05, 0.1) is 17.0 Å². The summed E-state index contributed by atoms with van der Waals surface area (Å²) < 4.78 is 7.43. The summed E-state index contributed by atoms with van der Waals surface area (Å²) in [6, 6.07) is 0.435. The summed E-state index contributed by atoms with van der Waals surface area (Å²) in [6.45, 7) is 4.58. The molecule has 6 heteroatoms. The maximum atomic E-state index is 5.33. The van der Waals surface area contributed by atoms with Crippen molar-refractivity contribution in [1.82, 2.24) is 15.0 Å². The Morgan fingerprint density at radius 2 is 2.06 bits per heavy atom. The van der Waals surface area contributed by atoms with Gasteiger partial charge in [0.25, 0.3) is 0 Å². The first-order valence-corrected chi connectivity index (χ1v) is 7.16. The number of ether oxygens (including phenoxy) is 1. The quantitative estimate of drug-likeness (QED) is 0.786. The van der Waals surface area contributed by atoms with Gasteiger partial charge in [0.2, 0.25) is 0 Å². The number of nitrogens with zero attached hydrogens (tertiary/aromatic N) is 3. The second kappa shape index (κ2) is 4.97. The van der Waals surface area contributed by atoms with Crippen molar-refractivity contribution in [2.24, 2.45) is 0 Å². The maximum absolute atomic E-state index is 5.33. The number of rotatable bonds is 4. The Hall–Kier alpha value is -0.880. The fourth-order valence-corrected chi connectivity index (χ4v) is 2.92. The molecule has 2 aromatic rings. The number of aromatic nitrogens is 3. The molecule has 0 bridgehead atoms. The molecular weight excluding hydrogens is 242 g/mol. The molecule has 0 atom stereocenters. The van der Waals surface area contributed by atoms with Crippen LogP contribution in [0.25, 0.3) is 10.3 Å². The van der Waals surface area contributed by atoms with E-state index in [-0.39, 0.29) is 0 Å². The van der Waals surface area contributed by atoms with Gasteiger partial charge in [-0.05, 0) is 19.6 Å². The zero-order chi connectivity index (χ0) is 11.5. The lowest BCUT2D eigenvalue weighted by atomic mass is 10.3. The van der Waals surface area contributed by atoms with Crippen molar-refractivity contribution in [2.75, 3.05) is 12.9 Å². The normalized spacial score (nSPS) is 10.9. The molecule has 0 aliphatic carbocycles. The molecular formula is C10H13N3OS2. The SMILES string of the molecule is CCOc1nc(CC)c2sc(SC)nc2n1. The molecule has 0 amide bonds. The van der Waals surface area contributed by atoms with E-state index in [0.29, 0.717) is 12.6 Å². The fraction of sp³-hybridized carbons (Fsp3) is 0.500. The predicted molar refractivity (Wildman–Crippen MR) is 67.5 cm³/mol. The van der Waals surface area contributed by atoms with Crippen LogP contribution >= 0.6 is 23.1 Å². The van der Waals surface area contributed by atoms with Crippen molar-refractivity contribution in [3.8, 4) is 6.01 Å². The summed E-state index contributed by atoms with van der Waals surface area (Å²) in [4.78, 5) is 13.1. The van der Waals surface area contributed by atoms with Crippen molar-refractivity contribution >= 4 is 33.4 Å². The Morgan fingerprint density at radius 3 is 2.69 bits per heavy atom. The number of thioether (sulfide) groups is 1. The Bertz CT molecular complexity index is 498.